The molecule has 0 bridgehead atoms. The molecule has 72 valence electrons. The minimum atomic E-state index is -0.490. The van der Waals surface area contributed by atoms with Crippen LogP contribution in [0.1, 0.15) is 0 Å². The number of aryl methyl sites for hydroxylation is 1. The summed E-state index contributed by atoms with van der Waals surface area (Å²) >= 11 is 3.18. The van der Waals surface area contributed by atoms with Gasteiger partial charge in [0, 0.05) is 17.7 Å². The first-order valence-corrected chi connectivity index (χ1v) is 4.83. The fraction of sp³-hybridized carbons (Fsp3) is 0.100. The molecule has 0 saturated carbocycles. The standard InChI is InChI=1S/C10H7BrFNO/c1-13-3-2-6-4-7(11)5-8(12)9(6)10(13)14/h2-5H,1H3. The molecule has 0 spiro atoms. The zero-order valence-corrected chi connectivity index (χ0v) is 9.01. The van der Waals surface area contributed by atoms with Crippen LogP contribution in [0.15, 0.2) is 33.7 Å². The van der Waals surface area contributed by atoms with Gasteiger partial charge in [0.05, 0.1) is 5.39 Å². The molecule has 0 unspecified atom stereocenters. The molecular formula is C10H7BrFNO. The summed E-state index contributed by atoms with van der Waals surface area (Å²) in [7, 11) is 1.60. The van der Waals surface area contributed by atoms with Crippen LogP contribution in [0.25, 0.3) is 10.8 Å². The summed E-state index contributed by atoms with van der Waals surface area (Å²) < 4.78 is 15.4. The van der Waals surface area contributed by atoms with Gasteiger partial charge in [0.1, 0.15) is 5.82 Å². The number of hydrogen-bond donors (Lipinski definition) is 0. The van der Waals surface area contributed by atoms with Gasteiger partial charge in [-0.2, -0.15) is 0 Å². The van der Waals surface area contributed by atoms with E-state index in [0.29, 0.717) is 9.86 Å². The Hall–Kier alpha value is -1.16. The molecule has 0 amide bonds. The largest absolute Gasteiger partial charge is 0.318 e. The average molecular weight is 256 g/mol. The highest BCUT2D eigenvalue weighted by Crippen LogP contribution is 2.20. The second-order valence-corrected chi connectivity index (χ2v) is 4.00. The lowest BCUT2D eigenvalue weighted by Gasteiger charge is -2.02. The van der Waals surface area contributed by atoms with Gasteiger partial charge in [-0.15, -0.1) is 0 Å². The van der Waals surface area contributed by atoms with Crippen LogP contribution >= 0.6 is 15.9 Å². The van der Waals surface area contributed by atoms with E-state index >= 15 is 0 Å². The summed E-state index contributed by atoms with van der Waals surface area (Å²) in [5, 5.41) is 0.748. The van der Waals surface area contributed by atoms with Crippen molar-refractivity contribution in [1.29, 1.82) is 0 Å². The van der Waals surface area contributed by atoms with Crippen molar-refractivity contribution >= 4 is 26.7 Å². The van der Waals surface area contributed by atoms with E-state index < -0.39 is 5.82 Å². The Morgan fingerprint density at radius 2 is 2.14 bits per heavy atom. The molecule has 0 aliphatic carbocycles. The molecule has 0 saturated heterocycles. The van der Waals surface area contributed by atoms with Gasteiger partial charge in [0.25, 0.3) is 5.56 Å². The fourth-order valence-corrected chi connectivity index (χ4v) is 1.83. The molecule has 4 heteroatoms. The highest BCUT2D eigenvalue weighted by molar-refractivity contribution is 9.10. The Morgan fingerprint density at radius 1 is 1.43 bits per heavy atom. The van der Waals surface area contributed by atoms with Crippen LogP contribution in [-0.2, 0) is 7.05 Å². The van der Waals surface area contributed by atoms with Gasteiger partial charge in [0.15, 0.2) is 0 Å². The van der Waals surface area contributed by atoms with Crippen LogP contribution in [0.3, 0.4) is 0 Å². The molecule has 14 heavy (non-hydrogen) atoms. The third-order valence-electron chi connectivity index (χ3n) is 2.10. The lowest BCUT2D eigenvalue weighted by Crippen LogP contribution is -2.16. The van der Waals surface area contributed by atoms with Gasteiger partial charge in [-0.25, -0.2) is 4.39 Å². The number of nitrogens with zero attached hydrogens (tertiary/aromatic N) is 1. The van der Waals surface area contributed by atoms with E-state index in [1.807, 2.05) is 0 Å². The van der Waals surface area contributed by atoms with E-state index in [0.717, 1.165) is 0 Å². The highest BCUT2D eigenvalue weighted by Gasteiger charge is 2.07. The molecule has 2 rings (SSSR count). The first-order valence-electron chi connectivity index (χ1n) is 4.04. The van der Waals surface area contributed by atoms with Crippen LogP contribution in [-0.4, -0.2) is 4.57 Å². The number of aromatic nitrogens is 1. The topological polar surface area (TPSA) is 22.0 Å². The molecule has 1 aromatic heterocycles. The molecule has 0 aliphatic rings. The van der Waals surface area contributed by atoms with E-state index in [1.165, 1.54) is 10.6 Å². The maximum absolute atomic E-state index is 13.4. The SMILES string of the molecule is Cn1ccc2cc(Br)cc(F)c2c1=O. The molecule has 0 N–H and O–H groups in total. The van der Waals surface area contributed by atoms with Crippen LogP contribution in [0.5, 0.6) is 0 Å². The summed E-state index contributed by atoms with van der Waals surface area (Å²) in [5.41, 5.74) is -0.312. The quantitative estimate of drug-likeness (QED) is 0.709. The number of benzene rings is 1. The Kier molecular flexibility index (Phi) is 2.15. The predicted molar refractivity (Wildman–Crippen MR) is 56.8 cm³/mol. The Balaban J connectivity index is 3.03. The van der Waals surface area contributed by atoms with Crippen LogP contribution < -0.4 is 5.56 Å². The van der Waals surface area contributed by atoms with Crippen molar-refractivity contribution < 1.29 is 4.39 Å². The molecule has 2 aromatic rings. The lowest BCUT2D eigenvalue weighted by molar-refractivity contribution is 0.636. The van der Waals surface area contributed by atoms with E-state index in [-0.39, 0.29) is 10.9 Å². The summed E-state index contributed by atoms with van der Waals surface area (Å²) in [4.78, 5) is 11.6. The molecule has 1 heterocycles. The molecule has 0 atom stereocenters. The summed E-state index contributed by atoms with van der Waals surface area (Å²) in [5.74, 6) is -0.490. The van der Waals surface area contributed by atoms with Gasteiger partial charge in [-0.3, -0.25) is 4.79 Å². The molecular weight excluding hydrogens is 249 g/mol. The summed E-state index contributed by atoms with van der Waals surface area (Å²) in [6.07, 6.45) is 1.62. The van der Waals surface area contributed by atoms with Crippen LogP contribution in [0.4, 0.5) is 4.39 Å². The second kappa shape index (κ2) is 3.20. The normalized spacial score (nSPS) is 10.8. The Bertz CT molecular complexity index is 562. The monoisotopic (exact) mass is 255 g/mol. The van der Waals surface area contributed by atoms with Gasteiger partial charge < -0.3 is 4.57 Å². The van der Waals surface area contributed by atoms with E-state index in [1.54, 1.807) is 25.4 Å². The zero-order chi connectivity index (χ0) is 10.3. The van der Waals surface area contributed by atoms with Crippen LogP contribution in [0.2, 0.25) is 0 Å². The van der Waals surface area contributed by atoms with Crippen molar-refractivity contribution in [1.82, 2.24) is 4.57 Å². The molecule has 2 nitrogen and oxygen atoms in total. The zero-order valence-electron chi connectivity index (χ0n) is 7.42. The molecule has 0 aliphatic heterocycles. The predicted octanol–water partition coefficient (Wildman–Crippen LogP) is 2.44. The van der Waals surface area contributed by atoms with Crippen LogP contribution in [0, 0.1) is 5.82 Å². The van der Waals surface area contributed by atoms with Crippen molar-refractivity contribution in [2.24, 2.45) is 7.05 Å². The average Bonchev–Trinajstić information content (AvgIpc) is 2.10. The molecule has 0 fully saturated rings. The smallest absolute Gasteiger partial charge is 0.261 e. The molecule has 0 radical (unpaired) electrons. The van der Waals surface area contributed by atoms with Crippen molar-refractivity contribution in [3.63, 3.8) is 0 Å². The van der Waals surface area contributed by atoms with E-state index in [2.05, 4.69) is 15.9 Å². The third kappa shape index (κ3) is 1.35. The first kappa shape index (κ1) is 9.40. The van der Waals surface area contributed by atoms with Crippen molar-refractivity contribution in [3.05, 3.63) is 45.0 Å². The third-order valence-corrected chi connectivity index (χ3v) is 2.56. The minimum Gasteiger partial charge on any atom is -0.318 e. The number of rotatable bonds is 0. The Morgan fingerprint density at radius 3 is 2.86 bits per heavy atom. The first-order chi connectivity index (χ1) is 6.59. The lowest BCUT2D eigenvalue weighted by atomic mass is 10.1. The number of halogens is 2. The summed E-state index contributed by atoms with van der Waals surface area (Å²) in [6, 6.07) is 4.73. The maximum atomic E-state index is 13.4. The van der Waals surface area contributed by atoms with Gasteiger partial charge in [-0.05, 0) is 23.6 Å². The highest BCUT2D eigenvalue weighted by atomic mass is 79.9. The van der Waals surface area contributed by atoms with Crippen molar-refractivity contribution in [2.75, 3.05) is 0 Å². The van der Waals surface area contributed by atoms with Gasteiger partial charge in [-0.1, -0.05) is 15.9 Å². The van der Waals surface area contributed by atoms with Crippen molar-refractivity contribution in [2.45, 2.75) is 0 Å². The summed E-state index contributed by atoms with van der Waals surface area (Å²) in [6.45, 7) is 0. The minimum absolute atomic E-state index is 0.137. The number of hydrogen-bond acceptors (Lipinski definition) is 1. The second-order valence-electron chi connectivity index (χ2n) is 3.08. The van der Waals surface area contributed by atoms with Gasteiger partial charge >= 0.3 is 0 Å². The number of pyridine rings is 1. The maximum Gasteiger partial charge on any atom is 0.261 e. The Labute approximate surface area is 88.1 Å². The van der Waals surface area contributed by atoms with Gasteiger partial charge in [0.2, 0.25) is 0 Å². The fourth-order valence-electron chi connectivity index (χ4n) is 1.39. The molecule has 1 aromatic carbocycles. The number of fused-ring (bicyclic) bond motifs is 1. The van der Waals surface area contributed by atoms with E-state index in [4.69, 9.17) is 0 Å². The van der Waals surface area contributed by atoms with Crippen molar-refractivity contribution in [3.8, 4) is 0 Å². The van der Waals surface area contributed by atoms with E-state index in [9.17, 15) is 9.18 Å².